The lowest BCUT2D eigenvalue weighted by atomic mass is 9.82. The van der Waals surface area contributed by atoms with Gasteiger partial charge in [0.25, 0.3) is 0 Å². The average Bonchev–Trinajstić information content (AvgIpc) is 2.08. The number of likely N-dealkylation sites (tertiary alicyclic amines) is 1. The molecule has 13 heavy (non-hydrogen) atoms. The Balaban J connectivity index is 2.25. The second-order valence-corrected chi connectivity index (χ2v) is 5.13. The number of piperidine rings is 1. The predicted octanol–water partition coefficient (Wildman–Crippen LogP) is 1.85. The first-order chi connectivity index (χ1) is 6.03. The van der Waals surface area contributed by atoms with E-state index in [2.05, 4.69) is 25.7 Å². The van der Waals surface area contributed by atoms with Crippen LogP contribution in [0, 0.1) is 5.41 Å². The van der Waals surface area contributed by atoms with Gasteiger partial charge in [0.2, 0.25) is 0 Å². The van der Waals surface area contributed by atoms with Crippen molar-refractivity contribution in [2.45, 2.75) is 46.1 Å². The fraction of sp³-hybridized carbons (Fsp3) is 1.00. The largest absolute Gasteiger partial charge is 0.327 e. The third kappa shape index (κ3) is 3.65. The first-order valence-electron chi connectivity index (χ1n) is 5.51. The van der Waals surface area contributed by atoms with Gasteiger partial charge in [0.15, 0.2) is 0 Å². The summed E-state index contributed by atoms with van der Waals surface area (Å²) in [7, 11) is 0. The first-order valence-corrected chi connectivity index (χ1v) is 5.51. The van der Waals surface area contributed by atoms with Crippen molar-refractivity contribution in [3.05, 3.63) is 0 Å². The van der Waals surface area contributed by atoms with E-state index in [1.54, 1.807) is 0 Å². The van der Waals surface area contributed by atoms with Crippen molar-refractivity contribution in [1.82, 2.24) is 4.90 Å². The van der Waals surface area contributed by atoms with Gasteiger partial charge >= 0.3 is 0 Å². The smallest absolute Gasteiger partial charge is 0.0165 e. The van der Waals surface area contributed by atoms with Crippen LogP contribution in [0.3, 0.4) is 0 Å². The van der Waals surface area contributed by atoms with E-state index in [4.69, 9.17) is 5.73 Å². The summed E-state index contributed by atoms with van der Waals surface area (Å²) in [5.41, 5.74) is 6.49. The molecule has 2 N–H and O–H groups in total. The van der Waals surface area contributed by atoms with Gasteiger partial charge in [0.05, 0.1) is 0 Å². The van der Waals surface area contributed by atoms with Crippen molar-refractivity contribution in [3.8, 4) is 0 Å². The maximum Gasteiger partial charge on any atom is 0.0165 e. The van der Waals surface area contributed by atoms with Crippen molar-refractivity contribution in [3.63, 3.8) is 0 Å². The molecule has 1 heterocycles. The molecule has 0 aromatic carbocycles. The van der Waals surface area contributed by atoms with E-state index in [1.807, 2.05) is 0 Å². The molecule has 1 aliphatic heterocycles. The number of rotatable bonds is 3. The third-order valence-corrected chi connectivity index (χ3v) is 3.23. The molecule has 2 nitrogen and oxygen atoms in total. The van der Waals surface area contributed by atoms with Crippen molar-refractivity contribution >= 4 is 0 Å². The van der Waals surface area contributed by atoms with E-state index in [0.717, 1.165) is 13.0 Å². The molecule has 1 rings (SSSR count). The fourth-order valence-corrected chi connectivity index (χ4v) is 1.80. The van der Waals surface area contributed by atoms with Crippen molar-refractivity contribution in [1.29, 1.82) is 0 Å². The molecule has 0 unspecified atom stereocenters. The van der Waals surface area contributed by atoms with Gasteiger partial charge in [-0.25, -0.2) is 0 Å². The van der Waals surface area contributed by atoms with Crippen LogP contribution in [0.15, 0.2) is 0 Å². The minimum Gasteiger partial charge on any atom is -0.327 e. The molecule has 1 atom stereocenters. The van der Waals surface area contributed by atoms with Gasteiger partial charge in [0.1, 0.15) is 0 Å². The maximum atomic E-state index is 5.93. The molecule has 2 heteroatoms. The number of hydrogen-bond acceptors (Lipinski definition) is 2. The lowest BCUT2D eigenvalue weighted by Gasteiger charge is -2.37. The molecule has 0 bridgehead atoms. The summed E-state index contributed by atoms with van der Waals surface area (Å²) in [6.07, 6.45) is 3.74. The SMILES string of the molecule is CC[C@H](N)CN1CCC(C)(C)CC1. The molecule has 0 spiro atoms. The second kappa shape index (κ2) is 4.43. The molecule has 0 radical (unpaired) electrons. The van der Waals surface area contributed by atoms with E-state index >= 15 is 0 Å². The number of nitrogens with zero attached hydrogens (tertiary/aromatic N) is 1. The topological polar surface area (TPSA) is 29.3 Å². The van der Waals surface area contributed by atoms with Gasteiger partial charge < -0.3 is 10.6 Å². The van der Waals surface area contributed by atoms with Gasteiger partial charge in [-0.2, -0.15) is 0 Å². The van der Waals surface area contributed by atoms with Gasteiger partial charge in [-0.05, 0) is 37.8 Å². The van der Waals surface area contributed by atoms with E-state index in [9.17, 15) is 0 Å². The molecule has 0 aliphatic carbocycles. The minimum absolute atomic E-state index is 0.376. The minimum atomic E-state index is 0.376. The van der Waals surface area contributed by atoms with Crippen LogP contribution in [0.4, 0.5) is 0 Å². The Hall–Kier alpha value is -0.0800. The van der Waals surface area contributed by atoms with Gasteiger partial charge in [-0.3, -0.25) is 0 Å². The standard InChI is InChI=1S/C11H24N2/c1-4-10(12)9-13-7-5-11(2,3)6-8-13/h10H,4-9,12H2,1-3H3/t10-/m0/s1. The Labute approximate surface area is 82.5 Å². The van der Waals surface area contributed by atoms with Crippen LogP contribution >= 0.6 is 0 Å². The maximum absolute atomic E-state index is 5.93. The summed E-state index contributed by atoms with van der Waals surface area (Å²) >= 11 is 0. The monoisotopic (exact) mass is 184 g/mol. The zero-order valence-electron chi connectivity index (χ0n) is 9.34. The van der Waals surface area contributed by atoms with Crippen molar-refractivity contribution < 1.29 is 0 Å². The van der Waals surface area contributed by atoms with Crippen LogP contribution in [0.5, 0.6) is 0 Å². The molecule has 0 aromatic rings. The quantitative estimate of drug-likeness (QED) is 0.725. The molecule has 0 amide bonds. The summed E-state index contributed by atoms with van der Waals surface area (Å²) < 4.78 is 0. The lowest BCUT2D eigenvalue weighted by molar-refractivity contribution is 0.126. The summed E-state index contributed by atoms with van der Waals surface area (Å²) in [6.45, 7) is 10.5. The van der Waals surface area contributed by atoms with E-state index in [0.29, 0.717) is 11.5 Å². The zero-order chi connectivity index (χ0) is 9.90. The highest BCUT2D eigenvalue weighted by Crippen LogP contribution is 2.29. The molecular formula is C11H24N2. The Morgan fingerprint density at radius 1 is 1.31 bits per heavy atom. The molecule has 1 fully saturated rings. The second-order valence-electron chi connectivity index (χ2n) is 5.13. The normalized spacial score (nSPS) is 25.8. The zero-order valence-corrected chi connectivity index (χ0v) is 9.34. The third-order valence-electron chi connectivity index (χ3n) is 3.23. The van der Waals surface area contributed by atoms with Crippen LogP contribution in [0.1, 0.15) is 40.0 Å². The van der Waals surface area contributed by atoms with Crippen LogP contribution in [-0.2, 0) is 0 Å². The molecular weight excluding hydrogens is 160 g/mol. The Bertz CT molecular complexity index is 144. The molecule has 0 aromatic heterocycles. The summed E-state index contributed by atoms with van der Waals surface area (Å²) in [6, 6.07) is 0.376. The Kier molecular flexibility index (Phi) is 3.74. The average molecular weight is 184 g/mol. The van der Waals surface area contributed by atoms with Crippen LogP contribution in [0.2, 0.25) is 0 Å². The molecule has 1 saturated heterocycles. The van der Waals surface area contributed by atoms with E-state index in [1.165, 1.54) is 25.9 Å². The Morgan fingerprint density at radius 3 is 2.31 bits per heavy atom. The predicted molar refractivity (Wildman–Crippen MR) is 57.7 cm³/mol. The summed E-state index contributed by atoms with van der Waals surface area (Å²) in [5, 5.41) is 0. The van der Waals surface area contributed by atoms with Gasteiger partial charge in [-0.1, -0.05) is 20.8 Å². The van der Waals surface area contributed by atoms with E-state index < -0.39 is 0 Å². The van der Waals surface area contributed by atoms with Gasteiger partial charge in [0, 0.05) is 12.6 Å². The number of hydrogen-bond donors (Lipinski definition) is 1. The highest BCUT2D eigenvalue weighted by Gasteiger charge is 2.25. The molecule has 78 valence electrons. The van der Waals surface area contributed by atoms with Gasteiger partial charge in [-0.15, -0.1) is 0 Å². The number of nitrogens with two attached hydrogens (primary N) is 1. The molecule has 1 aliphatic rings. The van der Waals surface area contributed by atoms with Crippen LogP contribution in [-0.4, -0.2) is 30.6 Å². The summed E-state index contributed by atoms with van der Waals surface area (Å²) in [5.74, 6) is 0. The highest BCUT2D eigenvalue weighted by atomic mass is 15.1. The molecule has 0 saturated carbocycles. The summed E-state index contributed by atoms with van der Waals surface area (Å²) in [4.78, 5) is 2.51. The van der Waals surface area contributed by atoms with Crippen LogP contribution in [0.25, 0.3) is 0 Å². The first kappa shape index (κ1) is 11.0. The van der Waals surface area contributed by atoms with Crippen LogP contribution < -0.4 is 5.73 Å². The lowest BCUT2D eigenvalue weighted by Crippen LogP contribution is -2.43. The Morgan fingerprint density at radius 2 is 1.85 bits per heavy atom. The van der Waals surface area contributed by atoms with Crippen molar-refractivity contribution in [2.75, 3.05) is 19.6 Å². The van der Waals surface area contributed by atoms with E-state index in [-0.39, 0.29) is 0 Å². The fourth-order valence-electron chi connectivity index (χ4n) is 1.80. The highest BCUT2D eigenvalue weighted by molar-refractivity contribution is 4.80. The van der Waals surface area contributed by atoms with Crippen molar-refractivity contribution in [2.24, 2.45) is 11.1 Å².